The first-order chi connectivity index (χ1) is 14.8. The molecule has 2 N–H and O–H groups in total. The van der Waals surface area contributed by atoms with E-state index in [1.165, 1.54) is 6.07 Å². The predicted molar refractivity (Wildman–Crippen MR) is 114 cm³/mol. The highest BCUT2D eigenvalue weighted by Gasteiger charge is 2.40. The molecule has 1 atom stereocenters. The Morgan fingerprint density at radius 2 is 1.78 bits per heavy atom. The van der Waals surface area contributed by atoms with Gasteiger partial charge in [-0.3, -0.25) is 14.4 Å². The molecule has 1 saturated carbocycles. The number of aliphatic carboxylic acids is 1. The van der Waals surface area contributed by atoms with E-state index in [0.717, 1.165) is 0 Å². The molecule has 1 amide bonds. The maximum absolute atomic E-state index is 14.5. The number of amides is 1. The summed E-state index contributed by atoms with van der Waals surface area (Å²) in [5.74, 6) is -5.52. The van der Waals surface area contributed by atoms with Gasteiger partial charge in [0.05, 0.1) is 6.04 Å². The fourth-order valence-corrected chi connectivity index (χ4v) is 4.09. The third kappa shape index (κ3) is 7.64. The molecule has 1 aromatic carbocycles. The number of rotatable bonds is 9. The molecule has 0 radical (unpaired) electrons. The third-order valence-electron chi connectivity index (χ3n) is 5.91. The monoisotopic (exact) mass is 455 g/mol. The number of hydrogen-bond donors (Lipinski definition) is 2. The Morgan fingerprint density at radius 1 is 1.16 bits per heavy atom. The summed E-state index contributed by atoms with van der Waals surface area (Å²) in [6.45, 7) is 5.64. The van der Waals surface area contributed by atoms with Gasteiger partial charge < -0.3 is 10.4 Å². The van der Waals surface area contributed by atoms with Crippen LogP contribution in [0.15, 0.2) is 18.2 Å². The molecule has 5 nitrogen and oxygen atoms in total. The lowest BCUT2D eigenvalue weighted by atomic mass is 9.79. The van der Waals surface area contributed by atoms with E-state index in [2.05, 4.69) is 5.32 Å². The lowest BCUT2D eigenvalue weighted by Crippen LogP contribution is -2.48. The van der Waals surface area contributed by atoms with Crippen LogP contribution in [0.3, 0.4) is 0 Å². The zero-order valence-electron chi connectivity index (χ0n) is 18.8. The van der Waals surface area contributed by atoms with Crippen LogP contribution in [0.4, 0.5) is 13.2 Å². The molecule has 0 aliphatic heterocycles. The van der Waals surface area contributed by atoms with Gasteiger partial charge in [-0.05, 0) is 47.8 Å². The molecule has 8 heteroatoms. The molecule has 0 bridgehead atoms. The SMILES string of the molecule is CC(C)(C)c1ccc(CC(=O)[C@H](NC(=O)CCCC(=O)O)C2CCC(F)(F)CC2)cc1F. The van der Waals surface area contributed by atoms with Crippen molar-refractivity contribution in [1.29, 1.82) is 0 Å². The van der Waals surface area contributed by atoms with Crippen LogP contribution in [-0.2, 0) is 26.2 Å². The molecule has 1 aromatic rings. The van der Waals surface area contributed by atoms with E-state index in [0.29, 0.717) is 11.1 Å². The molecule has 0 unspecified atom stereocenters. The van der Waals surface area contributed by atoms with Gasteiger partial charge in [-0.1, -0.05) is 32.9 Å². The number of carboxylic acids is 1. The van der Waals surface area contributed by atoms with Crippen LogP contribution in [0.25, 0.3) is 0 Å². The van der Waals surface area contributed by atoms with E-state index < -0.39 is 41.0 Å². The van der Waals surface area contributed by atoms with Crippen LogP contribution in [0.1, 0.15) is 76.8 Å². The van der Waals surface area contributed by atoms with Crippen molar-refractivity contribution in [2.45, 2.75) is 89.5 Å². The fourth-order valence-electron chi connectivity index (χ4n) is 4.09. The number of hydrogen-bond acceptors (Lipinski definition) is 3. The number of carbonyl (C=O) groups is 3. The second-order valence-corrected chi connectivity index (χ2v) is 9.69. The first-order valence-electron chi connectivity index (χ1n) is 11.0. The molecule has 0 heterocycles. The Bertz CT molecular complexity index is 838. The fraction of sp³-hybridized carbons (Fsp3) is 0.625. The van der Waals surface area contributed by atoms with Crippen molar-refractivity contribution in [2.24, 2.45) is 5.92 Å². The molecule has 0 saturated heterocycles. The molecular weight excluding hydrogens is 423 g/mol. The zero-order valence-corrected chi connectivity index (χ0v) is 18.8. The molecule has 1 fully saturated rings. The Balaban J connectivity index is 2.13. The largest absolute Gasteiger partial charge is 0.481 e. The first kappa shape index (κ1) is 25.9. The molecule has 0 aromatic heterocycles. The standard InChI is InChI=1S/C24H32F3NO4/c1-23(2,3)17-8-7-15(13-18(17)25)14-19(29)22(16-9-11-24(26,27)12-10-16)28-20(30)5-4-6-21(31)32/h7-8,13,16,22H,4-6,9-12,14H2,1-3H3,(H,28,30)(H,31,32)/t22-/m1/s1. The number of Topliss-reactive ketones (excluding diaryl/α,β-unsaturated/α-hetero) is 1. The summed E-state index contributed by atoms with van der Waals surface area (Å²) in [6.07, 6.45) is -0.795. The van der Waals surface area contributed by atoms with Crippen molar-refractivity contribution >= 4 is 17.7 Å². The van der Waals surface area contributed by atoms with Crippen molar-refractivity contribution in [1.82, 2.24) is 5.32 Å². The van der Waals surface area contributed by atoms with Gasteiger partial charge >= 0.3 is 5.97 Å². The summed E-state index contributed by atoms with van der Waals surface area (Å²) in [4.78, 5) is 36.0. The van der Waals surface area contributed by atoms with Crippen molar-refractivity contribution in [2.75, 3.05) is 0 Å². The number of halogens is 3. The molecular formula is C24H32F3NO4. The predicted octanol–water partition coefficient (Wildman–Crippen LogP) is 4.80. The minimum atomic E-state index is -2.78. The topological polar surface area (TPSA) is 83.5 Å². The minimum absolute atomic E-state index is 0.0755. The highest BCUT2D eigenvalue weighted by atomic mass is 19.3. The van der Waals surface area contributed by atoms with Crippen LogP contribution >= 0.6 is 0 Å². The van der Waals surface area contributed by atoms with E-state index in [9.17, 15) is 27.6 Å². The van der Waals surface area contributed by atoms with E-state index in [1.807, 2.05) is 20.8 Å². The summed E-state index contributed by atoms with van der Waals surface area (Å²) in [6, 6.07) is 3.65. The van der Waals surface area contributed by atoms with Gasteiger partial charge in [0, 0.05) is 32.1 Å². The number of alkyl halides is 2. The number of carbonyl (C=O) groups excluding carboxylic acids is 2. The van der Waals surface area contributed by atoms with E-state index in [4.69, 9.17) is 5.11 Å². The van der Waals surface area contributed by atoms with Crippen molar-refractivity contribution in [3.63, 3.8) is 0 Å². The zero-order chi connectivity index (χ0) is 24.1. The second kappa shape index (κ2) is 10.5. The molecule has 1 aliphatic carbocycles. The van der Waals surface area contributed by atoms with Crippen molar-refractivity contribution in [3.8, 4) is 0 Å². The summed E-state index contributed by atoms with van der Waals surface area (Å²) in [5.41, 5.74) is 0.574. The van der Waals surface area contributed by atoms with Gasteiger partial charge in [0.1, 0.15) is 5.82 Å². The van der Waals surface area contributed by atoms with Crippen molar-refractivity contribution < 1.29 is 32.7 Å². The maximum atomic E-state index is 14.5. The number of ketones is 1. The van der Waals surface area contributed by atoms with Gasteiger partial charge in [0.2, 0.25) is 11.8 Å². The van der Waals surface area contributed by atoms with Gasteiger partial charge in [0.15, 0.2) is 5.78 Å². The molecule has 2 rings (SSSR count). The smallest absolute Gasteiger partial charge is 0.303 e. The Hall–Kier alpha value is -2.38. The van der Waals surface area contributed by atoms with E-state index in [-0.39, 0.29) is 57.1 Å². The van der Waals surface area contributed by atoms with Crippen LogP contribution in [0, 0.1) is 11.7 Å². The molecule has 178 valence electrons. The highest BCUT2D eigenvalue weighted by Crippen LogP contribution is 2.38. The minimum Gasteiger partial charge on any atom is -0.481 e. The summed E-state index contributed by atoms with van der Waals surface area (Å²) >= 11 is 0. The third-order valence-corrected chi connectivity index (χ3v) is 5.91. The molecule has 0 spiro atoms. The first-order valence-corrected chi connectivity index (χ1v) is 11.0. The van der Waals surface area contributed by atoms with Crippen LogP contribution < -0.4 is 5.32 Å². The Labute approximate surface area is 186 Å². The van der Waals surface area contributed by atoms with Gasteiger partial charge in [-0.2, -0.15) is 0 Å². The summed E-state index contributed by atoms with van der Waals surface area (Å²) in [5, 5.41) is 11.4. The summed E-state index contributed by atoms with van der Waals surface area (Å²) in [7, 11) is 0. The number of benzene rings is 1. The van der Waals surface area contributed by atoms with Gasteiger partial charge in [-0.25, -0.2) is 13.2 Å². The van der Waals surface area contributed by atoms with E-state index >= 15 is 0 Å². The lowest BCUT2D eigenvalue weighted by Gasteiger charge is -2.33. The van der Waals surface area contributed by atoms with Gasteiger partial charge in [0.25, 0.3) is 0 Å². The Morgan fingerprint density at radius 3 is 2.31 bits per heavy atom. The maximum Gasteiger partial charge on any atom is 0.303 e. The summed E-state index contributed by atoms with van der Waals surface area (Å²) < 4.78 is 41.7. The number of nitrogens with one attached hydrogen (secondary N) is 1. The highest BCUT2D eigenvalue weighted by molar-refractivity contribution is 5.90. The van der Waals surface area contributed by atoms with Crippen LogP contribution in [0.5, 0.6) is 0 Å². The van der Waals surface area contributed by atoms with Crippen LogP contribution in [0.2, 0.25) is 0 Å². The van der Waals surface area contributed by atoms with Crippen molar-refractivity contribution in [3.05, 3.63) is 35.1 Å². The molecule has 1 aliphatic rings. The normalized spacial score (nSPS) is 17.6. The second-order valence-electron chi connectivity index (χ2n) is 9.69. The average molecular weight is 456 g/mol. The average Bonchev–Trinajstić information content (AvgIpc) is 2.65. The molecule has 32 heavy (non-hydrogen) atoms. The van der Waals surface area contributed by atoms with Gasteiger partial charge in [-0.15, -0.1) is 0 Å². The Kier molecular flexibility index (Phi) is 8.48. The lowest BCUT2D eigenvalue weighted by molar-refractivity contribution is -0.137. The van der Waals surface area contributed by atoms with Crippen LogP contribution in [-0.4, -0.2) is 34.7 Å². The van der Waals surface area contributed by atoms with E-state index in [1.54, 1.807) is 12.1 Å². The quantitative estimate of drug-likeness (QED) is 0.560. The number of carboxylic acid groups (broad SMARTS) is 1.